The third-order valence-corrected chi connectivity index (χ3v) is 10.2. The number of hydrogen-bond acceptors (Lipinski definition) is 5. The molecule has 0 atom stereocenters. The molecule has 0 bridgehead atoms. The van der Waals surface area contributed by atoms with Crippen molar-refractivity contribution in [3.05, 3.63) is 57.8 Å². The normalized spacial score (nSPS) is 11.3. The Kier molecular flexibility index (Phi) is 6.35. The number of hydrogen-bond donors (Lipinski definition) is 2. The number of thiophene rings is 4. The monoisotopic (exact) mass is 542 g/mol. The fourth-order valence-corrected chi connectivity index (χ4v) is 8.02. The fraction of sp³-hybridized carbons (Fsp3) is 0.200. The average Bonchev–Trinajstić information content (AvgIpc) is 3.41. The van der Waals surface area contributed by atoms with Crippen molar-refractivity contribution in [2.75, 3.05) is 6.54 Å². The Hall–Kier alpha value is -0.710. The third-order valence-electron chi connectivity index (χ3n) is 4.27. The van der Waals surface area contributed by atoms with Gasteiger partial charge in [0, 0.05) is 40.7 Å². The second-order valence-electron chi connectivity index (χ2n) is 6.21. The third kappa shape index (κ3) is 4.33. The Morgan fingerprint density at radius 3 is 2.37 bits per heavy atom. The maximum absolute atomic E-state index is 7.28. The van der Waals surface area contributed by atoms with Crippen molar-refractivity contribution in [2.24, 2.45) is 0 Å². The van der Waals surface area contributed by atoms with Crippen LogP contribution in [0.15, 0.2) is 41.8 Å². The van der Waals surface area contributed by atoms with Gasteiger partial charge in [0.1, 0.15) is 0 Å². The molecule has 4 aromatic heterocycles. The zero-order valence-corrected chi connectivity index (χ0v) is 20.4. The molecule has 4 heterocycles. The van der Waals surface area contributed by atoms with Crippen LogP contribution in [-0.2, 0) is 6.42 Å². The lowest BCUT2D eigenvalue weighted by molar-refractivity contribution is 0.948. The van der Waals surface area contributed by atoms with E-state index in [1.165, 1.54) is 45.3 Å². The van der Waals surface area contributed by atoms with Crippen LogP contribution in [0.2, 0.25) is 0 Å². The van der Waals surface area contributed by atoms with Crippen molar-refractivity contribution in [3.8, 4) is 29.3 Å². The van der Waals surface area contributed by atoms with Crippen LogP contribution in [0.1, 0.15) is 16.0 Å². The fourth-order valence-electron chi connectivity index (χ4n) is 2.92. The predicted molar refractivity (Wildman–Crippen MR) is 132 cm³/mol. The maximum atomic E-state index is 7.28. The van der Waals surface area contributed by atoms with Gasteiger partial charge in [-0.05, 0) is 73.2 Å². The number of nitrogens with one attached hydrogen (secondary N) is 2. The Labute approximate surface area is 186 Å². The second-order valence-corrected chi connectivity index (χ2v) is 11.7. The molecule has 0 saturated heterocycles. The van der Waals surface area contributed by atoms with E-state index in [9.17, 15) is 0 Å². The first-order chi connectivity index (χ1) is 13.2. The lowest BCUT2D eigenvalue weighted by atomic mass is 10.2. The smallest absolute Gasteiger partial charge is 0.0747 e. The van der Waals surface area contributed by atoms with E-state index in [4.69, 9.17) is 3.56 Å². The van der Waals surface area contributed by atoms with Gasteiger partial charge in [0.05, 0.1) is 21.3 Å². The highest BCUT2D eigenvalue weighted by Gasteiger charge is 2.14. The molecule has 0 fully saturated rings. The van der Waals surface area contributed by atoms with Gasteiger partial charge in [-0.25, -0.2) is 0 Å². The molecule has 0 aliphatic carbocycles. The first-order valence-electron chi connectivity index (χ1n) is 8.52. The Morgan fingerprint density at radius 2 is 1.63 bits per heavy atom. The summed E-state index contributed by atoms with van der Waals surface area (Å²) in [5.41, 5.74) is 2.73. The van der Waals surface area contributed by atoms with E-state index < -0.39 is 21.3 Å². The van der Waals surface area contributed by atoms with Gasteiger partial charge in [-0.1, -0.05) is 0 Å². The van der Waals surface area contributed by atoms with E-state index in [-0.39, 0.29) is 0 Å². The molecule has 140 valence electrons. The molecule has 0 spiro atoms. The Bertz CT molecular complexity index is 1070. The molecule has 0 aliphatic rings. The molecule has 27 heavy (non-hydrogen) atoms. The van der Waals surface area contributed by atoms with Crippen LogP contribution >= 0.6 is 66.7 Å². The number of rotatable bonds is 7. The van der Waals surface area contributed by atoms with E-state index in [1.54, 1.807) is 0 Å². The minimum atomic E-state index is -0.562. The van der Waals surface area contributed by atoms with Crippen molar-refractivity contribution < 1.29 is 0 Å². The molecule has 4 aromatic rings. The summed E-state index contributed by atoms with van der Waals surface area (Å²) in [5, 5.41) is 2.17. The van der Waals surface area contributed by atoms with Gasteiger partial charge < -0.3 is 0 Å². The van der Waals surface area contributed by atoms with Crippen molar-refractivity contribution in [2.45, 2.75) is 20.3 Å². The van der Waals surface area contributed by atoms with Gasteiger partial charge in [0.2, 0.25) is 0 Å². The summed E-state index contributed by atoms with van der Waals surface area (Å²) in [5.74, 6) is 0. The highest BCUT2D eigenvalue weighted by atomic mass is 127. The van der Waals surface area contributed by atoms with Gasteiger partial charge in [-0.2, -0.15) is 0 Å². The zero-order chi connectivity index (χ0) is 18.8. The molecule has 2 nitrogen and oxygen atoms in total. The minimum Gasteiger partial charge on any atom is -0.264 e. The molecule has 0 saturated carbocycles. The molecule has 0 amide bonds. The summed E-state index contributed by atoms with van der Waals surface area (Å²) < 4.78 is 10.5. The molecule has 2 N–H and O–H groups in total. The Balaban J connectivity index is 1.58. The van der Waals surface area contributed by atoms with Gasteiger partial charge in [-0.15, -0.1) is 45.3 Å². The van der Waals surface area contributed by atoms with Crippen LogP contribution in [0.5, 0.6) is 0 Å². The van der Waals surface area contributed by atoms with Crippen LogP contribution in [0.25, 0.3) is 29.3 Å². The van der Waals surface area contributed by atoms with Crippen LogP contribution in [0, 0.1) is 17.4 Å². The Morgan fingerprint density at radius 1 is 0.852 bits per heavy atom. The average molecular weight is 543 g/mol. The van der Waals surface area contributed by atoms with Gasteiger partial charge in [0.15, 0.2) is 0 Å². The van der Waals surface area contributed by atoms with Gasteiger partial charge >= 0.3 is 0 Å². The number of halogens is 1. The van der Waals surface area contributed by atoms with Crippen LogP contribution in [0.3, 0.4) is 0 Å². The van der Waals surface area contributed by atoms with Gasteiger partial charge in [0.25, 0.3) is 0 Å². The summed E-state index contributed by atoms with van der Waals surface area (Å²) in [6.45, 7) is 5.34. The molecule has 0 aromatic carbocycles. The second kappa shape index (κ2) is 8.75. The molecule has 4 rings (SSSR count). The van der Waals surface area contributed by atoms with Crippen LogP contribution < -0.4 is 3.53 Å². The maximum Gasteiger partial charge on any atom is 0.0747 e. The lowest BCUT2D eigenvalue weighted by Gasteiger charge is -1.95. The summed E-state index contributed by atoms with van der Waals surface area (Å²) >= 11 is 6.96. The standard InChI is InChI=1S/C20H19IN2S4/c1-12-8-10-24-19(12)16-5-6-17(26-16)20-13(2)11-18(27-20)15-4-3-14(25-15)7-9-23-21-22/h3-6,8,10-11H,7,9H2,1-2H3,(H2,22,23). The highest BCUT2D eigenvalue weighted by Crippen LogP contribution is 2.45. The van der Waals surface area contributed by atoms with E-state index >= 15 is 0 Å². The quantitative estimate of drug-likeness (QED) is 0.137. The van der Waals surface area contributed by atoms with Crippen molar-refractivity contribution in [1.29, 1.82) is 3.56 Å². The highest BCUT2D eigenvalue weighted by molar-refractivity contribution is 14.1. The SMILES string of the molecule is Cc1ccsc1-c1ccc(-c2sc(-c3ccc(CCNI=N)s3)cc2C)s1. The molecule has 7 heteroatoms. The van der Waals surface area contributed by atoms with E-state index in [0.29, 0.717) is 0 Å². The predicted octanol–water partition coefficient (Wildman–Crippen LogP) is 8.33. The first-order valence-corrected chi connectivity index (χ1v) is 14.0. The summed E-state index contributed by atoms with van der Waals surface area (Å²) in [4.78, 5) is 9.65. The number of aryl methyl sites for hydroxylation is 2. The van der Waals surface area contributed by atoms with Crippen molar-refractivity contribution in [1.82, 2.24) is 3.53 Å². The van der Waals surface area contributed by atoms with E-state index in [0.717, 1.165) is 13.0 Å². The van der Waals surface area contributed by atoms with E-state index in [1.807, 2.05) is 45.3 Å². The van der Waals surface area contributed by atoms with Gasteiger partial charge in [-0.3, -0.25) is 7.09 Å². The summed E-state index contributed by atoms with van der Waals surface area (Å²) in [7, 11) is 0. The molecular formula is C20H19IN2S4. The lowest BCUT2D eigenvalue weighted by Crippen LogP contribution is -2.02. The van der Waals surface area contributed by atoms with Crippen LogP contribution in [-0.4, -0.2) is 6.54 Å². The zero-order valence-electron chi connectivity index (χ0n) is 15.0. The largest absolute Gasteiger partial charge is 0.264 e. The minimum absolute atomic E-state index is 0.562. The molecular weight excluding hydrogens is 523 g/mol. The first kappa shape index (κ1) is 19.6. The van der Waals surface area contributed by atoms with Crippen molar-refractivity contribution in [3.63, 3.8) is 0 Å². The topological polar surface area (TPSA) is 35.9 Å². The summed E-state index contributed by atoms with van der Waals surface area (Å²) in [6, 6.07) is 13.6. The molecule has 0 aliphatic heterocycles. The molecule has 0 unspecified atom stereocenters. The van der Waals surface area contributed by atoms with E-state index in [2.05, 4.69) is 59.2 Å². The van der Waals surface area contributed by atoms with Crippen molar-refractivity contribution >= 4 is 66.7 Å². The van der Waals surface area contributed by atoms with Crippen LogP contribution in [0.4, 0.5) is 0 Å². The summed E-state index contributed by atoms with van der Waals surface area (Å²) in [6.07, 6.45) is 1.02. The molecule has 0 radical (unpaired) electrons.